The molecule has 4 atom stereocenters. The van der Waals surface area contributed by atoms with Gasteiger partial charge in [-0.3, -0.25) is 24.6 Å². The number of nitrogens with zero attached hydrogens (tertiary/aromatic N) is 2. The van der Waals surface area contributed by atoms with Crippen molar-refractivity contribution in [3.05, 3.63) is 93.9 Å². The van der Waals surface area contributed by atoms with Gasteiger partial charge in [-0.2, -0.15) is 0 Å². The van der Waals surface area contributed by atoms with Crippen molar-refractivity contribution in [1.29, 1.82) is 0 Å². The standard InChI is InChI=1S/C25H21N3O5/c29-23(20-11-5-13-33-20)22-21(15-6-3-7-16(14-15)28(31)32)19-10-4-12-27(19)25(22)17-8-1-2-9-18(17)26-24(25)30/h1-3,5-9,11,13-14,19,21-22H,4,10,12H2,(H,26,30)/t19-,21-,22+,25+/m0/s1. The average molecular weight is 443 g/mol. The molecule has 1 aromatic heterocycles. The lowest BCUT2D eigenvalue weighted by Crippen LogP contribution is -2.52. The number of benzene rings is 2. The SMILES string of the molecule is O=C(c1ccco1)[C@H]1[C@@H](c2cccc([N+](=O)[O-])c2)[C@@H]2CCCN2[C@@]12C(=O)Nc1ccccc12. The number of ketones is 1. The molecule has 4 heterocycles. The molecule has 2 saturated heterocycles. The van der Waals surface area contributed by atoms with E-state index in [9.17, 15) is 19.7 Å². The number of Topliss-reactive ketones (excluding diaryl/α,β-unsaturated/α-hetero) is 1. The Morgan fingerprint density at radius 1 is 1.15 bits per heavy atom. The van der Waals surface area contributed by atoms with E-state index in [1.807, 2.05) is 30.3 Å². The first-order chi connectivity index (χ1) is 16.0. The lowest BCUT2D eigenvalue weighted by Gasteiger charge is -2.36. The summed E-state index contributed by atoms with van der Waals surface area (Å²) in [7, 11) is 0. The lowest BCUT2D eigenvalue weighted by molar-refractivity contribution is -0.384. The van der Waals surface area contributed by atoms with Crippen molar-refractivity contribution in [3.8, 4) is 0 Å². The first-order valence-corrected chi connectivity index (χ1v) is 11.0. The minimum absolute atomic E-state index is 0.0292. The van der Waals surface area contributed by atoms with Crippen LogP contribution in [0.5, 0.6) is 0 Å². The molecule has 33 heavy (non-hydrogen) atoms. The third-order valence-electron chi connectivity index (χ3n) is 7.42. The number of rotatable bonds is 4. The van der Waals surface area contributed by atoms with Gasteiger partial charge in [0.2, 0.25) is 11.7 Å². The highest BCUT2D eigenvalue weighted by atomic mass is 16.6. The monoisotopic (exact) mass is 443 g/mol. The predicted octanol–water partition coefficient (Wildman–Crippen LogP) is 4.10. The van der Waals surface area contributed by atoms with Gasteiger partial charge < -0.3 is 9.73 Å². The number of amides is 1. The maximum atomic E-state index is 14.0. The van der Waals surface area contributed by atoms with Gasteiger partial charge in [0, 0.05) is 35.3 Å². The second-order valence-electron chi connectivity index (χ2n) is 8.87. The third-order valence-corrected chi connectivity index (χ3v) is 7.42. The number of non-ortho nitro benzene ring substituents is 1. The van der Waals surface area contributed by atoms with Crippen LogP contribution in [0.2, 0.25) is 0 Å². The van der Waals surface area contributed by atoms with Crippen LogP contribution >= 0.6 is 0 Å². The summed E-state index contributed by atoms with van der Waals surface area (Å²) in [6, 6.07) is 17.1. The number of carbonyl (C=O) groups excluding carboxylic acids is 2. The Morgan fingerprint density at radius 2 is 2.00 bits per heavy atom. The van der Waals surface area contributed by atoms with Crippen LogP contribution in [0.15, 0.2) is 71.3 Å². The van der Waals surface area contributed by atoms with E-state index < -0.39 is 22.3 Å². The number of para-hydroxylation sites is 1. The number of hydrogen-bond acceptors (Lipinski definition) is 6. The Kier molecular flexibility index (Phi) is 4.28. The van der Waals surface area contributed by atoms with Crippen LogP contribution in [0.4, 0.5) is 11.4 Å². The van der Waals surface area contributed by atoms with Crippen LogP contribution in [0, 0.1) is 16.0 Å². The highest BCUT2D eigenvalue weighted by Gasteiger charge is 2.69. The molecule has 8 nitrogen and oxygen atoms in total. The van der Waals surface area contributed by atoms with Gasteiger partial charge in [0.1, 0.15) is 5.54 Å². The number of furan rings is 1. The van der Waals surface area contributed by atoms with Crippen molar-refractivity contribution >= 4 is 23.1 Å². The molecule has 0 saturated carbocycles. The summed E-state index contributed by atoms with van der Waals surface area (Å²) in [6.45, 7) is 0.666. The lowest BCUT2D eigenvalue weighted by atomic mass is 9.69. The topological polar surface area (TPSA) is 106 Å². The fraction of sp³-hybridized carbons (Fsp3) is 0.280. The molecule has 3 aromatic rings. The van der Waals surface area contributed by atoms with Crippen LogP contribution in [0.25, 0.3) is 0 Å². The Bertz CT molecular complexity index is 1290. The summed E-state index contributed by atoms with van der Waals surface area (Å²) in [5.41, 5.74) is 0.944. The highest BCUT2D eigenvalue weighted by Crippen LogP contribution is 2.61. The van der Waals surface area contributed by atoms with Gasteiger partial charge >= 0.3 is 0 Å². The predicted molar refractivity (Wildman–Crippen MR) is 119 cm³/mol. The molecule has 0 unspecified atom stereocenters. The molecule has 166 valence electrons. The largest absolute Gasteiger partial charge is 0.461 e. The maximum absolute atomic E-state index is 14.0. The molecule has 0 aliphatic carbocycles. The average Bonchev–Trinajstić information content (AvgIpc) is 3.59. The number of fused-ring (bicyclic) bond motifs is 4. The van der Waals surface area contributed by atoms with Gasteiger partial charge in [-0.15, -0.1) is 0 Å². The van der Waals surface area contributed by atoms with Gasteiger partial charge in [-0.25, -0.2) is 0 Å². The molecule has 2 fully saturated rings. The van der Waals surface area contributed by atoms with Crippen molar-refractivity contribution in [1.82, 2.24) is 4.90 Å². The summed E-state index contributed by atoms with van der Waals surface area (Å²) >= 11 is 0. The normalized spacial score (nSPS) is 28.0. The number of hydrogen-bond donors (Lipinski definition) is 1. The smallest absolute Gasteiger partial charge is 0.269 e. The Hall–Kier alpha value is -3.78. The second-order valence-corrected chi connectivity index (χ2v) is 8.87. The zero-order chi connectivity index (χ0) is 22.7. The number of carbonyl (C=O) groups is 2. The minimum Gasteiger partial charge on any atom is -0.461 e. The maximum Gasteiger partial charge on any atom is 0.269 e. The second kappa shape index (κ2) is 7.11. The quantitative estimate of drug-likeness (QED) is 0.370. The third kappa shape index (κ3) is 2.61. The zero-order valence-corrected chi connectivity index (χ0v) is 17.6. The highest BCUT2D eigenvalue weighted by molar-refractivity contribution is 6.11. The van der Waals surface area contributed by atoms with E-state index >= 15 is 0 Å². The van der Waals surface area contributed by atoms with E-state index in [1.54, 1.807) is 24.3 Å². The number of anilines is 1. The van der Waals surface area contributed by atoms with Crippen molar-refractivity contribution in [3.63, 3.8) is 0 Å². The fourth-order valence-corrected chi connectivity index (χ4v) is 6.31. The first kappa shape index (κ1) is 19.9. The van der Waals surface area contributed by atoms with Crippen LogP contribution in [0.3, 0.4) is 0 Å². The number of nitrogens with one attached hydrogen (secondary N) is 1. The molecule has 1 amide bonds. The molecule has 0 bridgehead atoms. The van der Waals surface area contributed by atoms with Crippen LogP contribution < -0.4 is 5.32 Å². The van der Waals surface area contributed by atoms with E-state index in [2.05, 4.69) is 10.2 Å². The number of nitro benzene ring substituents is 1. The summed E-state index contributed by atoms with van der Waals surface area (Å²) < 4.78 is 5.49. The van der Waals surface area contributed by atoms with E-state index in [4.69, 9.17) is 4.42 Å². The van der Waals surface area contributed by atoms with E-state index in [0.717, 1.165) is 18.4 Å². The molecule has 8 heteroatoms. The summed E-state index contributed by atoms with van der Waals surface area (Å²) in [6.07, 6.45) is 3.13. The van der Waals surface area contributed by atoms with Crippen molar-refractivity contribution < 1.29 is 18.9 Å². The summed E-state index contributed by atoms with van der Waals surface area (Å²) in [4.78, 5) is 41.1. The van der Waals surface area contributed by atoms with Gasteiger partial charge in [-0.05, 0) is 43.1 Å². The van der Waals surface area contributed by atoms with Crippen LogP contribution in [-0.2, 0) is 10.3 Å². The van der Waals surface area contributed by atoms with Gasteiger partial charge in [-0.1, -0.05) is 30.3 Å². The molecule has 2 aromatic carbocycles. The van der Waals surface area contributed by atoms with Crippen LogP contribution in [0.1, 0.15) is 40.4 Å². The van der Waals surface area contributed by atoms with E-state index in [-0.39, 0.29) is 29.2 Å². The molecular weight excluding hydrogens is 422 g/mol. The van der Waals surface area contributed by atoms with Crippen molar-refractivity contribution in [2.75, 3.05) is 11.9 Å². The Labute approximate surface area is 189 Å². The van der Waals surface area contributed by atoms with Gasteiger partial charge in [0.15, 0.2) is 5.76 Å². The molecule has 3 aliphatic heterocycles. The fourth-order valence-electron chi connectivity index (χ4n) is 6.31. The molecule has 3 aliphatic rings. The number of nitro groups is 1. The minimum atomic E-state index is -1.20. The molecule has 6 rings (SSSR count). The molecular formula is C25H21N3O5. The first-order valence-electron chi connectivity index (χ1n) is 11.0. The van der Waals surface area contributed by atoms with Crippen LogP contribution in [-0.4, -0.2) is 34.1 Å². The Balaban J connectivity index is 1.62. The molecule has 1 N–H and O–H groups in total. The Morgan fingerprint density at radius 3 is 2.79 bits per heavy atom. The van der Waals surface area contributed by atoms with Crippen molar-refractivity contribution in [2.24, 2.45) is 5.92 Å². The van der Waals surface area contributed by atoms with Gasteiger partial charge in [0.25, 0.3) is 5.69 Å². The summed E-state index contributed by atoms with van der Waals surface area (Å²) in [5.74, 6) is -1.50. The molecule has 1 spiro atoms. The molecule has 0 radical (unpaired) electrons. The zero-order valence-electron chi connectivity index (χ0n) is 17.6. The van der Waals surface area contributed by atoms with Crippen molar-refractivity contribution in [2.45, 2.75) is 30.3 Å². The van der Waals surface area contributed by atoms with Gasteiger partial charge in [0.05, 0.1) is 17.1 Å². The summed E-state index contributed by atoms with van der Waals surface area (Å²) in [5, 5.41) is 14.5. The van der Waals surface area contributed by atoms with E-state index in [1.165, 1.54) is 12.3 Å². The van der Waals surface area contributed by atoms with E-state index in [0.29, 0.717) is 17.8 Å².